The van der Waals surface area contributed by atoms with Crippen LogP contribution in [0.4, 0.5) is 43.9 Å². The molecule has 0 radical (unpaired) electrons. The van der Waals surface area contributed by atoms with Gasteiger partial charge >= 0.3 is 0 Å². The van der Waals surface area contributed by atoms with Crippen LogP contribution in [-0.2, 0) is 0 Å². The van der Waals surface area contributed by atoms with Crippen LogP contribution in [-0.4, -0.2) is 0 Å². The lowest BCUT2D eigenvalue weighted by Crippen LogP contribution is -2.14. The summed E-state index contributed by atoms with van der Waals surface area (Å²) in [5.74, 6) is -25.1. The molecule has 0 bridgehead atoms. The van der Waals surface area contributed by atoms with Crippen molar-refractivity contribution in [3.63, 3.8) is 0 Å². The molecule has 0 saturated heterocycles. The third-order valence-corrected chi connectivity index (χ3v) is 4.18. The van der Waals surface area contributed by atoms with Gasteiger partial charge in [0.1, 0.15) is 0 Å². The second kappa shape index (κ2) is 7.40. The van der Waals surface area contributed by atoms with Gasteiger partial charge in [0.05, 0.1) is 0 Å². The van der Waals surface area contributed by atoms with Crippen LogP contribution in [0.25, 0.3) is 0 Å². The first-order valence-corrected chi connectivity index (χ1v) is 7.44. The first-order valence-electron chi connectivity index (χ1n) is 7.44. The quantitative estimate of drug-likeness (QED) is 0.315. The molecule has 0 fully saturated rings. The molecular weight excluding hydrogens is 394 g/mol. The molecule has 27 heavy (non-hydrogen) atoms. The van der Waals surface area contributed by atoms with Gasteiger partial charge in [0.15, 0.2) is 46.5 Å². The van der Waals surface area contributed by atoms with Crippen LogP contribution in [0.3, 0.4) is 0 Å². The Balaban J connectivity index is 2.48. The van der Waals surface area contributed by atoms with Gasteiger partial charge < -0.3 is 0 Å². The van der Waals surface area contributed by atoms with Crippen molar-refractivity contribution < 1.29 is 43.9 Å². The molecule has 0 nitrogen and oxygen atoms in total. The summed E-state index contributed by atoms with van der Waals surface area (Å²) in [6, 6.07) is 0. The summed E-state index contributed by atoms with van der Waals surface area (Å²) in [7, 11) is 0. The molecule has 0 spiro atoms. The number of hydrogen-bond donors (Lipinski definition) is 0. The highest BCUT2D eigenvalue weighted by atomic mass is 19.2. The minimum Gasteiger partial charge on any atom is -0.203 e. The van der Waals surface area contributed by atoms with E-state index in [0.29, 0.717) is 0 Å². The lowest BCUT2D eigenvalue weighted by atomic mass is 9.86. The highest BCUT2D eigenvalue weighted by molar-refractivity contribution is 5.30. The summed E-state index contributed by atoms with van der Waals surface area (Å²) in [5.41, 5.74) is -2.50. The number of halogens is 10. The summed E-state index contributed by atoms with van der Waals surface area (Å²) in [6.45, 7) is 1.97. The smallest absolute Gasteiger partial charge is 0.200 e. The van der Waals surface area contributed by atoms with Crippen LogP contribution in [0.5, 0.6) is 0 Å². The van der Waals surface area contributed by atoms with E-state index in [1.165, 1.54) is 0 Å². The summed E-state index contributed by atoms with van der Waals surface area (Å²) in [5, 5.41) is 0. The van der Waals surface area contributed by atoms with Crippen molar-refractivity contribution in [2.75, 3.05) is 0 Å². The number of rotatable bonds is 4. The van der Waals surface area contributed by atoms with Crippen LogP contribution in [0.2, 0.25) is 0 Å². The normalized spacial score (nSPS) is 13.8. The topological polar surface area (TPSA) is 0 Å². The molecule has 0 aliphatic rings. The molecule has 0 saturated carbocycles. The van der Waals surface area contributed by atoms with Gasteiger partial charge in [-0.2, -0.15) is 0 Å². The third kappa shape index (κ3) is 3.37. The molecule has 0 heterocycles. The van der Waals surface area contributed by atoms with E-state index in [4.69, 9.17) is 0 Å². The Hall–Kier alpha value is -2.26. The zero-order valence-electron chi connectivity index (χ0n) is 13.6. The maximum absolute atomic E-state index is 13.8. The highest BCUT2D eigenvalue weighted by Crippen LogP contribution is 2.37. The summed E-state index contributed by atoms with van der Waals surface area (Å²) < 4.78 is 134. The Morgan fingerprint density at radius 1 is 0.407 bits per heavy atom. The van der Waals surface area contributed by atoms with Gasteiger partial charge in [0.2, 0.25) is 11.6 Å². The summed E-state index contributed by atoms with van der Waals surface area (Å²) in [4.78, 5) is 0. The van der Waals surface area contributed by atoms with E-state index in [2.05, 4.69) is 0 Å². The Morgan fingerprint density at radius 3 is 0.815 bits per heavy atom. The molecule has 148 valence electrons. The van der Waals surface area contributed by atoms with Gasteiger partial charge in [-0.15, -0.1) is 0 Å². The van der Waals surface area contributed by atoms with Gasteiger partial charge in [-0.1, -0.05) is 13.8 Å². The van der Waals surface area contributed by atoms with E-state index in [-0.39, 0.29) is 0 Å². The molecule has 2 aromatic carbocycles. The fourth-order valence-corrected chi connectivity index (χ4v) is 2.88. The minimum atomic E-state index is -2.38. The van der Waals surface area contributed by atoms with E-state index >= 15 is 0 Å². The standard InChI is InChI=1S/C17H10F10/c1-4(6-8(18)12(22)16(26)13(23)9(6)19)3-5(2)7-10(20)14(24)17(27)15(25)11(7)21/h4-5H,3H2,1-2H3. The van der Waals surface area contributed by atoms with Crippen molar-refractivity contribution in [3.8, 4) is 0 Å². The Bertz CT molecular complexity index is 774. The second-order valence-electron chi connectivity index (χ2n) is 6.00. The predicted octanol–water partition coefficient (Wildman–Crippen LogP) is 6.37. The fourth-order valence-electron chi connectivity index (χ4n) is 2.88. The van der Waals surface area contributed by atoms with Crippen LogP contribution >= 0.6 is 0 Å². The molecule has 2 atom stereocenters. The van der Waals surface area contributed by atoms with Crippen molar-refractivity contribution in [1.82, 2.24) is 0 Å². The van der Waals surface area contributed by atoms with Crippen molar-refractivity contribution in [1.29, 1.82) is 0 Å². The monoisotopic (exact) mass is 404 g/mol. The SMILES string of the molecule is CC(CC(C)c1c(F)c(F)c(F)c(F)c1F)c1c(F)c(F)c(F)c(F)c1F. The van der Waals surface area contributed by atoms with E-state index in [0.717, 1.165) is 13.8 Å². The van der Waals surface area contributed by atoms with E-state index in [9.17, 15) is 43.9 Å². The maximum Gasteiger partial charge on any atom is 0.200 e. The van der Waals surface area contributed by atoms with Gasteiger partial charge in [-0.3, -0.25) is 0 Å². The van der Waals surface area contributed by atoms with E-state index in [1.54, 1.807) is 0 Å². The average molecular weight is 404 g/mol. The van der Waals surface area contributed by atoms with Gasteiger partial charge in [-0.05, 0) is 18.3 Å². The van der Waals surface area contributed by atoms with E-state index in [1.807, 2.05) is 0 Å². The van der Waals surface area contributed by atoms with Gasteiger partial charge in [0, 0.05) is 11.1 Å². The van der Waals surface area contributed by atoms with Crippen LogP contribution in [0, 0.1) is 58.2 Å². The molecule has 0 N–H and O–H groups in total. The van der Waals surface area contributed by atoms with Crippen molar-refractivity contribution in [2.45, 2.75) is 32.1 Å². The second-order valence-corrected chi connectivity index (χ2v) is 6.00. The van der Waals surface area contributed by atoms with Crippen LogP contribution < -0.4 is 0 Å². The Kier molecular flexibility index (Phi) is 5.77. The fraction of sp³-hybridized carbons (Fsp3) is 0.294. The average Bonchev–Trinajstić information content (AvgIpc) is 2.61. The summed E-state index contributed by atoms with van der Waals surface area (Å²) >= 11 is 0. The largest absolute Gasteiger partial charge is 0.203 e. The number of benzene rings is 2. The maximum atomic E-state index is 13.8. The Labute approximate surface area is 146 Å². The zero-order valence-corrected chi connectivity index (χ0v) is 13.6. The van der Waals surface area contributed by atoms with Crippen molar-refractivity contribution >= 4 is 0 Å². The first-order chi connectivity index (χ1) is 12.4. The van der Waals surface area contributed by atoms with Crippen molar-refractivity contribution in [2.24, 2.45) is 0 Å². The molecular formula is C17H10F10. The lowest BCUT2D eigenvalue weighted by molar-refractivity contribution is 0.353. The summed E-state index contributed by atoms with van der Waals surface area (Å²) in [6.07, 6.45) is -0.670. The molecule has 10 heteroatoms. The lowest BCUT2D eigenvalue weighted by Gasteiger charge is -2.21. The van der Waals surface area contributed by atoms with Crippen LogP contribution in [0.1, 0.15) is 43.2 Å². The van der Waals surface area contributed by atoms with E-state index < -0.39 is 87.6 Å². The van der Waals surface area contributed by atoms with Gasteiger partial charge in [-0.25, -0.2) is 43.9 Å². The van der Waals surface area contributed by atoms with Crippen molar-refractivity contribution in [3.05, 3.63) is 69.3 Å². The molecule has 0 aromatic heterocycles. The molecule has 0 amide bonds. The molecule has 0 aliphatic carbocycles. The third-order valence-electron chi connectivity index (χ3n) is 4.18. The zero-order chi connectivity index (χ0) is 20.8. The molecule has 2 aromatic rings. The Morgan fingerprint density at radius 2 is 0.593 bits per heavy atom. The highest BCUT2D eigenvalue weighted by Gasteiger charge is 2.32. The minimum absolute atomic E-state index is 0.670. The molecule has 0 aliphatic heterocycles. The predicted molar refractivity (Wildman–Crippen MR) is 73.9 cm³/mol. The number of hydrogen-bond acceptors (Lipinski definition) is 0. The van der Waals surface area contributed by atoms with Gasteiger partial charge in [0.25, 0.3) is 0 Å². The molecule has 2 unspecified atom stereocenters. The van der Waals surface area contributed by atoms with Crippen LogP contribution in [0.15, 0.2) is 0 Å². The first kappa shape index (κ1) is 21.0. The molecule has 2 rings (SSSR count).